The SMILES string of the molecule is Cc1ccc(C2(c3ccccc3)NC(=O)N(CC(=O)Nc3ccccc3-c3ccccc3)C2=O)cc1C. The standard InChI is InChI=1S/C31H27N3O3/c1-21-17-18-25(19-22(21)2)31(24-13-7-4-8-14-24)29(36)34(30(37)33-31)20-28(35)32-27-16-10-9-15-26(27)23-11-5-3-6-12-23/h3-19H,20H2,1-2H3,(H,32,35)(H,33,37). The first-order valence-electron chi connectivity index (χ1n) is 12.1. The van der Waals surface area contributed by atoms with E-state index in [4.69, 9.17) is 0 Å². The van der Waals surface area contributed by atoms with Gasteiger partial charge in [-0.3, -0.25) is 14.5 Å². The van der Waals surface area contributed by atoms with Crippen LogP contribution in [-0.2, 0) is 15.1 Å². The van der Waals surface area contributed by atoms with Crippen molar-refractivity contribution in [3.8, 4) is 11.1 Å². The minimum atomic E-state index is -1.42. The van der Waals surface area contributed by atoms with Crippen molar-refractivity contribution in [2.45, 2.75) is 19.4 Å². The number of para-hydroxylation sites is 1. The third-order valence-corrected chi connectivity index (χ3v) is 6.84. The highest BCUT2D eigenvalue weighted by Gasteiger charge is 2.54. The maximum atomic E-state index is 14.0. The van der Waals surface area contributed by atoms with Crippen LogP contribution in [0.3, 0.4) is 0 Å². The average molecular weight is 490 g/mol. The Balaban J connectivity index is 1.46. The van der Waals surface area contributed by atoms with E-state index in [1.807, 2.05) is 111 Å². The van der Waals surface area contributed by atoms with Crippen LogP contribution < -0.4 is 10.6 Å². The van der Waals surface area contributed by atoms with E-state index in [1.165, 1.54) is 0 Å². The lowest BCUT2D eigenvalue weighted by Gasteiger charge is -2.28. The van der Waals surface area contributed by atoms with Crippen LogP contribution in [0.4, 0.5) is 10.5 Å². The van der Waals surface area contributed by atoms with E-state index < -0.39 is 29.9 Å². The molecule has 0 bridgehead atoms. The zero-order valence-electron chi connectivity index (χ0n) is 20.7. The van der Waals surface area contributed by atoms with Crippen LogP contribution in [0.1, 0.15) is 22.3 Å². The number of nitrogens with zero attached hydrogens (tertiary/aromatic N) is 1. The summed E-state index contributed by atoms with van der Waals surface area (Å²) < 4.78 is 0. The molecule has 184 valence electrons. The molecule has 2 N–H and O–H groups in total. The highest BCUT2D eigenvalue weighted by atomic mass is 16.2. The molecule has 4 aromatic rings. The van der Waals surface area contributed by atoms with Crippen LogP contribution in [0.5, 0.6) is 0 Å². The van der Waals surface area contributed by atoms with E-state index in [2.05, 4.69) is 10.6 Å². The normalized spacial score (nSPS) is 17.0. The Morgan fingerprint density at radius 1 is 0.784 bits per heavy atom. The number of imide groups is 1. The van der Waals surface area contributed by atoms with Crippen molar-refractivity contribution in [1.29, 1.82) is 0 Å². The lowest BCUT2D eigenvalue weighted by Crippen LogP contribution is -2.45. The van der Waals surface area contributed by atoms with Gasteiger partial charge in [0.15, 0.2) is 5.54 Å². The third kappa shape index (κ3) is 4.38. The maximum absolute atomic E-state index is 14.0. The monoisotopic (exact) mass is 489 g/mol. The van der Waals surface area contributed by atoms with E-state index in [9.17, 15) is 14.4 Å². The lowest BCUT2D eigenvalue weighted by atomic mass is 9.81. The average Bonchev–Trinajstić information content (AvgIpc) is 3.17. The van der Waals surface area contributed by atoms with Gasteiger partial charge in [-0.2, -0.15) is 0 Å². The molecule has 0 aliphatic carbocycles. The molecule has 0 aromatic heterocycles. The minimum Gasteiger partial charge on any atom is -0.324 e. The Morgan fingerprint density at radius 3 is 2.14 bits per heavy atom. The Labute approximate surface area is 215 Å². The number of aryl methyl sites for hydroxylation is 2. The molecule has 0 radical (unpaired) electrons. The smallest absolute Gasteiger partial charge is 0.324 e. The van der Waals surface area contributed by atoms with Gasteiger partial charge in [-0.05, 0) is 47.7 Å². The highest BCUT2D eigenvalue weighted by molar-refractivity contribution is 6.12. The summed E-state index contributed by atoms with van der Waals surface area (Å²) in [5, 5.41) is 5.80. The van der Waals surface area contributed by atoms with E-state index >= 15 is 0 Å². The fourth-order valence-electron chi connectivity index (χ4n) is 4.74. The summed E-state index contributed by atoms with van der Waals surface area (Å²) >= 11 is 0. The van der Waals surface area contributed by atoms with Crippen molar-refractivity contribution < 1.29 is 14.4 Å². The fraction of sp³-hybridized carbons (Fsp3) is 0.129. The minimum absolute atomic E-state index is 0.410. The molecule has 4 amide bonds. The topological polar surface area (TPSA) is 78.5 Å². The van der Waals surface area contributed by atoms with Gasteiger partial charge in [0.1, 0.15) is 6.54 Å². The lowest BCUT2D eigenvalue weighted by molar-refractivity contribution is -0.133. The van der Waals surface area contributed by atoms with E-state index in [0.29, 0.717) is 16.8 Å². The molecule has 1 atom stereocenters. The van der Waals surface area contributed by atoms with E-state index in [-0.39, 0.29) is 0 Å². The van der Waals surface area contributed by atoms with Crippen LogP contribution in [0.25, 0.3) is 11.1 Å². The van der Waals surface area contributed by atoms with Crippen molar-refractivity contribution in [2.75, 3.05) is 11.9 Å². The number of hydrogen-bond acceptors (Lipinski definition) is 3. The molecule has 5 rings (SSSR count). The number of nitrogens with one attached hydrogen (secondary N) is 2. The molecule has 4 aromatic carbocycles. The summed E-state index contributed by atoms with van der Waals surface area (Å²) in [5.41, 5.74) is 4.36. The Kier molecular flexibility index (Phi) is 6.32. The number of hydrogen-bond donors (Lipinski definition) is 2. The van der Waals surface area contributed by atoms with Crippen molar-refractivity contribution in [1.82, 2.24) is 10.2 Å². The second kappa shape index (κ2) is 9.74. The van der Waals surface area contributed by atoms with Gasteiger partial charge in [-0.15, -0.1) is 0 Å². The Bertz CT molecular complexity index is 1480. The summed E-state index contributed by atoms with van der Waals surface area (Å²) in [7, 11) is 0. The fourth-order valence-corrected chi connectivity index (χ4v) is 4.74. The van der Waals surface area contributed by atoms with E-state index in [0.717, 1.165) is 27.2 Å². The molecule has 0 spiro atoms. The second-order valence-electron chi connectivity index (χ2n) is 9.20. The Hall–Kier alpha value is -4.71. The molecule has 1 saturated heterocycles. The first-order chi connectivity index (χ1) is 17.9. The summed E-state index contributed by atoms with van der Waals surface area (Å²) in [4.78, 5) is 41.3. The van der Waals surface area contributed by atoms with E-state index in [1.54, 1.807) is 6.07 Å². The molecule has 6 heteroatoms. The summed E-state index contributed by atoms with van der Waals surface area (Å²) in [6, 6.07) is 31.4. The second-order valence-corrected chi connectivity index (χ2v) is 9.20. The van der Waals surface area contributed by atoms with Crippen molar-refractivity contribution >= 4 is 23.5 Å². The predicted molar refractivity (Wildman–Crippen MR) is 144 cm³/mol. The molecule has 1 unspecified atom stereocenters. The third-order valence-electron chi connectivity index (χ3n) is 6.84. The first-order valence-corrected chi connectivity index (χ1v) is 12.1. The zero-order chi connectivity index (χ0) is 26.0. The van der Waals surface area contributed by atoms with Crippen molar-refractivity contribution in [3.05, 3.63) is 125 Å². The molecule has 1 aliphatic rings. The van der Waals surface area contributed by atoms with Gasteiger partial charge in [0.25, 0.3) is 5.91 Å². The number of anilines is 1. The molecule has 1 heterocycles. The highest BCUT2D eigenvalue weighted by Crippen LogP contribution is 2.37. The van der Waals surface area contributed by atoms with Gasteiger partial charge in [-0.25, -0.2) is 4.79 Å². The van der Waals surface area contributed by atoms with Crippen molar-refractivity contribution in [2.24, 2.45) is 0 Å². The molecule has 6 nitrogen and oxygen atoms in total. The van der Waals surface area contributed by atoms with Gasteiger partial charge < -0.3 is 10.6 Å². The van der Waals surface area contributed by atoms with Crippen molar-refractivity contribution in [3.63, 3.8) is 0 Å². The molecule has 0 saturated carbocycles. The van der Waals surface area contributed by atoms with Crippen LogP contribution in [0, 0.1) is 13.8 Å². The van der Waals surface area contributed by atoms with Gasteiger partial charge in [0, 0.05) is 11.3 Å². The Morgan fingerprint density at radius 2 is 1.43 bits per heavy atom. The molecule has 37 heavy (non-hydrogen) atoms. The summed E-state index contributed by atoms with van der Waals surface area (Å²) in [6.45, 7) is 3.55. The maximum Gasteiger partial charge on any atom is 0.326 e. The quantitative estimate of drug-likeness (QED) is 0.356. The molecule has 1 fully saturated rings. The first kappa shape index (κ1) is 24.0. The van der Waals surface area contributed by atoms with Crippen LogP contribution in [0.2, 0.25) is 0 Å². The largest absolute Gasteiger partial charge is 0.326 e. The zero-order valence-corrected chi connectivity index (χ0v) is 20.7. The van der Waals surface area contributed by atoms with Gasteiger partial charge >= 0.3 is 6.03 Å². The van der Waals surface area contributed by atoms with Crippen LogP contribution in [-0.4, -0.2) is 29.3 Å². The van der Waals surface area contributed by atoms with Crippen LogP contribution in [0.15, 0.2) is 103 Å². The number of urea groups is 1. The summed E-state index contributed by atoms with van der Waals surface area (Å²) in [5.74, 6) is -0.950. The molecule has 1 aliphatic heterocycles. The molecular weight excluding hydrogens is 462 g/mol. The number of amides is 4. The number of rotatable bonds is 6. The summed E-state index contributed by atoms with van der Waals surface area (Å²) in [6.07, 6.45) is 0. The predicted octanol–water partition coefficient (Wildman–Crippen LogP) is 5.40. The van der Waals surface area contributed by atoms with Gasteiger partial charge in [-0.1, -0.05) is 97.1 Å². The van der Waals surface area contributed by atoms with Crippen LogP contribution >= 0.6 is 0 Å². The number of benzene rings is 4. The van der Waals surface area contributed by atoms with Gasteiger partial charge in [0.2, 0.25) is 5.91 Å². The molecular formula is C31H27N3O3. The number of carbonyl (C=O) groups excluding carboxylic acids is 3. The number of carbonyl (C=O) groups is 3. The van der Waals surface area contributed by atoms with Gasteiger partial charge in [0.05, 0.1) is 0 Å².